The summed E-state index contributed by atoms with van der Waals surface area (Å²) >= 11 is 0. The lowest BCUT2D eigenvalue weighted by Crippen LogP contribution is -2.34. The highest BCUT2D eigenvalue weighted by atomic mass is 32.3. The number of alkyl halides is 15. The highest BCUT2D eigenvalue weighted by Crippen LogP contribution is 2.73. The minimum atomic E-state index is -7.35. The molecule has 0 aliphatic carbocycles. The van der Waals surface area contributed by atoms with Gasteiger partial charge in [0.2, 0.25) is 0 Å². The average molecular weight is 845 g/mol. The predicted octanol–water partition coefficient (Wildman–Crippen LogP) is 13.1. The Morgan fingerprint density at radius 2 is 0.764 bits per heavy atom. The second kappa shape index (κ2) is 14.9. The average Bonchev–Trinajstić information content (AvgIpc) is 3.07. The van der Waals surface area contributed by atoms with Crippen molar-refractivity contribution in [3.8, 4) is 0 Å². The molecular formula is C35H27F15O3S2. The van der Waals surface area contributed by atoms with Gasteiger partial charge in [0.25, 0.3) is 0 Å². The topological polar surface area (TPSA) is 43.4 Å². The number of aryl methyl sites for hydroxylation is 3. The van der Waals surface area contributed by atoms with Crippen molar-refractivity contribution in [3.63, 3.8) is 0 Å². The Hall–Kier alpha value is -3.91. The van der Waals surface area contributed by atoms with Crippen LogP contribution in [0, 0.1) is 0 Å². The maximum Gasteiger partial charge on any atom is 0.418 e. The van der Waals surface area contributed by atoms with E-state index in [4.69, 9.17) is 3.63 Å². The Morgan fingerprint density at radius 3 is 1.04 bits per heavy atom. The summed E-state index contributed by atoms with van der Waals surface area (Å²) < 4.78 is 253. The van der Waals surface area contributed by atoms with E-state index in [2.05, 4.69) is 0 Å². The lowest BCUT2D eigenvalue weighted by atomic mass is 9.89. The van der Waals surface area contributed by atoms with Gasteiger partial charge in [-0.05, 0) is 70.5 Å². The Labute approximate surface area is 305 Å². The zero-order chi connectivity index (χ0) is 41.7. The third-order valence-corrected chi connectivity index (χ3v) is 13.6. The second-order valence-electron chi connectivity index (χ2n) is 11.7. The molecule has 302 valence electrons. The molecule has 0 N–H and O–H groups in total. The molecule has 0 heterocycles. The van der Waals surface area contributed by atoms with Crippen LogP contribution in [0.5, 0.6) is 0 Å². The maximum atomic E-state index is 14.8. The Morgan fingerprint density at radius 1 is 0.455 bits per heavy atom. The minimum absolute atomic E-state index is 0.0354. The molecule has 20 heteroatoms. The van der Waals surface area contributed by atoms with Crippen molar-refractivity contribution in [2.45, 2.75) is 90.5 Å². The molecule has 0 unspecified atom stereocenters. The van der Waals surface area contributed by atoms with Gasteiger partial charge >= 0.3 is 41.0 Å². The smallest absolute Gasteiger partial charge is 0.203 e. The van der Waals surface area contributed by atoms with Gasteiger partial charge in [-0.2, -0.15) is 74.3 Å². The van der Waals surface area contributed by atoms with E-state index in [-0.39, 0.29) is 38.7 Å². The van der Waals surface area contributed by atoms with Gasteiger partial charge in [0.15, 0.2) is 0 Å². The zero-order valence-corrected chi connectivity index (χ0v) is 29.9. The molecule has 0 saturated heterocycles. The molecule has 3 nitrogen and oxygen atoms in total. The fraction of sp³-hybridized carbons (Fsp3) is 0.314. The van der Waals surface area contributed by atoms with E-state index >= 15 is 0 Å². The third-order valence-electron chi connectivity index (χ3n) is 8.22. The summed E-state index contributed by atoms with van der Waals surface area (Å²) in [6.45, 7) is 4.76. The van der Waals surface area contributed by atoms with Crippen molar-refractivity contribution in [3.05, 3.63) is 117 Å². The largest absolute Gasteiger partial charge is 0.418 e. The van der Waals surface area contributed by atoms with E-state index in [1.54, 1.807) is 6.92 Å². The molecule has 0 saturated carbocycles. The Bertz CT molecular complexity index is 2020. The number of rotatable bonds is 9. The molecule has 0 bridgehead atoms. The van der Waals surface area contributed by atoms with Gasteiger partial charge in [-0.25, -0.2) is 3.63 Å². The number of halogens is 15. The van der Waals surface area contributed by atoms with Crippen LogP contribution in [0.15, 0.2) is 92.4 Å². The number of hydrogen-bond acceptors (Lipinski definition) is 3. The molecule has 0 spiro atoms. The third kappa shape index (κ3) is 8.31. The van der Waals surface area contributed by atoms with Gasteiger partial charge in [0.05, 0.1) is 27.8 Å². The summed E-state index contributed by atoms with van der Waals surface area (Å²) in [6, 6.07) is 15.1. The van der Waals surface area contributed by atoms with Gasteiger partial charge in [-0.1, -0.05) is 69.3 Å². The molecule has 4 aromatic rings. The summed E-state index contributed by atoms with van der Waals surface area (Å²) in [5.41, 5.74) is -20.6. The van der Waals surface area contributed by atoms with Gasteiger partial charge in [-0.3, -0.25) is 0 Å². The standard InChI is InChI=1S/C35H27F15O3S2/c1-4-19-17-20(5-2)29(21(6-3)18-19)54(22-13-9-7-10-14-22,23-15-11-8-12-16-23)53-55(51,52)30-27(34(45,46)47)25(32(39,40)41)24(31(36,37)38)26(33(42,43)44)28(30)35(48,49)50/h7-18H,4-6H2,1-3H3. The van der Waals surface area contributed by atoms with Gasteiger partial charge in [0.1, 0.15) is 4.90 Å². The fourth-order valence-electron chi connectivity index (χ4n) is 6.17. The highest BCUT2D eigenvalue weighted by molar-refractivity contribution is 8.33. The number of benzene rings is 4. The molecule has 0 radical (unpaired) electrons. The van der Waals surface area contributed by atoms with Crippen LogP contribution < -0.4 is 0 Å². The van der Waals surface area contributed by atoms with Crippen LogP contribution in [0.25, 0.3) is 0 Å². The van der Waals surface area contributed by atoms with E-state index in [1.165, 1.54) is 62.4 Å². The Balaban J connectivity index is 2.46. The van der Waals surface area contributed by atoms with E-state index < -0.39 is 84.0 Å². The van der Waals surface area contributed by atoms with Crippen molar-refractivity contribution in [2.75, 3.05) is 0 Å². The second-order valence-corrected chi connectivity index (χ2v) is 16.0. The molecule has 0 aromatic heterocycles. The normalized spacial score (nSPS) is 14.0. The first-order chi connectivity index (χ1) is 25.1. The quantitative estimate of drug-likeness (QED) is 0.158. The van der Waals surface area contributed by atoms with Crippen LogP contribution in [0.1, 0.15) is 65.3 Å². The van der Waals surface area contributed by atoms with E-state index in [1.807, 2.05) is 0 Å². The summed E-state index contributed by atoms with van der Waals surface area (Å²) in [4.78, 5) is -4.67. The van der Waals surface area contributed by atoms with Crippen molar-refractivity contribution in [1.29, 1.82) is 0 Å². The first-order valence-electron chi connectivity index (χ1n) is 15.7. The van der Waals surface area contributed by atoms with Crippen molar-refractivity contribution in [2.24, 2.45) is 0 Å². The first kappa shape index (κ1) is 43.8. The number of hydrogen-bond donors (Lipinski definition) is 0. The van der Waals surface area contributed by atoms with Crippen molar-refractivity contribution < 1.29 is 77.9 Å². The summed E-state index contributed by atoms with van der Waals surface area (Å²) in [6.07, 6.45) is -35.6. The van der Waals surface area contributed by atoms with E-state index in [0.29, 0.717) is 12.0 Å². The summed E-state index contributed by atoms with van der Waals surface area (Å²) in [5.74, 6) is 0. The van der Waals surface area contributed by atoms with Crippen molar-refractivity contribution in [1.82, 2.24) is 0 Å². The maximum absolute atomic E-state index is 14.8. The fourth-order valence-corrected chi connectivity index (χ4v) is 12.3. The molecule has 0 amide bonds. The lowest BCUT2D eigenvalue weighted by Gasteiger charge is -2.42. The first-order valence-corrected chi connectivity index (χ1v) is 18.7. The zero-order valence-electron chi connectivity index (χ0n) is 28.3. The predicted molar refractivity (Wildman–Crippen MR) is 170 cm³/mol. The molecule has 4 rings (SSSR count). The Kier molecular flexibility index (Phi) is 11.8. The van der Waals surface area contributed by atoms with Gasteiger partial charge in [-0.15, -0.1) is 0 Å². The molecule has 0 atom stereocenters. The van der Waals surface area contributed by atoms with Crippen LogP contribution >= 0.6 is 10.3 Å². The highest BCUT2D eigenvalue weighted by Gasteiger charge is 2.63. The van der Waals surface area contributed by atoms with Crippen LogP contribution in [0.2, 0.25) is 0 Å². The SMILES string of the molecule is CCc1cc(CC)c(S(OS(=O)(=O)c2c(C(F)(F)F)c(C(F)(F)F)c(C(F)(F)F)c(C(F)(F)F)c2C(F)(F)F)(c2ccccc2)c2ccccc2)c(CC)c1. The van der Waals surface area contributed by atoms with Crippen LogP contribution in [-0.2, 0) is 63.9 Å². The van der Waals surface area contributed by atoms with Gasteiger partial charge in [0, 0.05) is 14.7 Å². The van der Waals surface area contributed by atoms with Crippen molar-refractivity contribution >= 4 is 20.4 Å². The van der Waals surface area contributed by atoms with Crippen LogP contribution in [0.3, 0.4) is 0 Å². The lowest BCUT2D eigenvalue weighted by molar-refractivity contribution is -0.191. The summed E-state index contributed by atoms with van der Waals surface area (Å²) in [5, 5.41) is 0. The summed E-state index contributed by atoms with van der Waals surface area (Å²) in [7, 11) is -11.8. The van der Waals surface area contributed by atoms with Crippen LogP contribution in [0.4, 0.5) is 65.9 Å². The molecule has 55 heavy (non-hydrogen) atoms. The molecule has 4 aromatic carbocycles. The molecule has 0 fully saturated rings. The van der Waals surface area contributed by atoms with Crippen LogP contribution in [-0.4, -0.2) is 8.42 Å². The molecule has 0 aliphatic heterocycles. The molecular weight excluding hydrogens is 817 g/mol. The van der Waals surface area contributed by atoms with E-state index in [0.717, 1.165) is 24.3 Å². The van der Waals surface area contributed by atoms with Gasteiger partial charge < -0.3 is 0 Å². The monoisotopic (exact) mass is 844 g/mol. The molecule has 0 aliphatic rings. The van der Waals surface area contributed by atoms with E-state index in [9.17, 15) is 74.3 Å². The minimum Gasteiger partial charge on any atom is -0.203 e.